The lowest BCUT2D eigenvalue weighted by molar-refractivity contribution is -0.212. The third-order valence-corrected chi connectivity index (χ3v) is 4.39. The molecule has 0 atom stereocenters. The van der Waals surface area contributed by atoms with Gasteiger partial charge in [0.25, 0.3) is 5.91 Å². The van der Waals surface area contributed by atoms with Gasteiger partial charge >= 0.3 is 5.92 Å². The number of nitrogens with zero attached hydrogens (tertiary/aromatic N) is 2. The van der Waals surface area contributed by atoms with Crippen molar-refractivity contribution in [2.24, 2.45) is 0 Å². The number of hydrogen-bond acceptors (Lipinski definition) is 3. The van der Waals surface area contributed by atoms with E-state index in [0.717, 1.165) is 0 Å². The minimum atomic E-state index is -3.90. The molecule has 1 aliphatic carbocycles. The topological polar surface area (TPSA) is 67.2 Å². The first-order valence-electron chi connectivity index (χ1n) is 7.47. The molecule has 1 fully saturated rings. The van der Waals surface area contributed by atoms with Crippen LogP contribution in [0, 0.1) is 12.7 Å². The normalized spacial score (nSPS) is 16.5. The molecule has 0 unspecified atom stereocenters. The van der Waals surface area contributed by atoms with E-state index in [1.807, 2.05) is 0 Å². The van der Waals surface area contributed by atoms with E-state index in [-0.39, 0.29) is 24.2 Å². The Balaban J connectivity index is 1.85. The van der Waals surface area contributed by atoms with Crippen LogP contribution in [0.1, 0.15) is 25.0 Å². The molecule has 0 saturated heterocycles. The van der Waals surface area contributed by atoms with Gasteiger partial charge in [-0.2, -0.15) is 13.9 Å². The van der Waals surface area contributed by atoms with Gasteiger partial charge in [-0.05, 0) is 38.3 Å². The van der Waals surface area contributed by atoms with E-state index >= 15 is 0 Å². The quantitative estimate of drug-likeness (QED) is 0.900. The number of carbonyl (C=O) groups is 1. The number of aliphatic hydroxyl groups is 1. The summed E-state index contributed by atoms with van der Waals surface area (Å²) in [5.74, 6) is -6.03. The number of rotatable bonds is 4. The molecule has 1 aliphatic rings. The Labute approximate surface area is 136 Å². The minimum absolute atomic E-state index is 0.0332. The molecule has 1 aromatic carbocycles. The predicted octanol–water partition coefficient (Wildman–Crippen LogP) is 2.81. The van der Waals surface area contributed by atoms with Crippen molar-refractivity contribution in [1.82, 2.24) is 9.78 Å². The molecular weight excluding hydrogens is 323 g/mol. The Morgan fingerprint density at radius 1 is 1.38 bits per heavy atom. The molecule has 2 N–H and O–H groups in total. The number of para-hydroxylation sites is 1. The summed E-state index contributed by atoms with van der Waals surface area (Å²) >= 11 is 0. The highest BCUT2D eigenvalue weighted by Crippen LogP contribution is 2.44. The number of benzene rings is 1. The first-order valence-corrected chi connectivity index (χ1v) is 7.47. The van der Waals surface area contributed by atoms with Crippen LogP contribution in [0.25, 0.3) is 5.69 Å². The molecule has 128 valence electrons. The van der Waals surface area contributed by atoms with E-state index in [0.29, 0.717) is 12.1 Å². The maximum atomic E-state index is 14.1. The predicted molar refractivity (Wildman–Crippen MR) is 80.6 cm³/mol. The van der Waals surface area contributed by atoms with E-state index in [9.17, 15) is 23.1 Å². The van der Waals surface area contributed by atoms with Crippen LogP contribution in [-0.2, 0) is 4.79 Å². The van der Waals surface area contributed by atoms with Crippen LogP contribution in [0.3, 0.4) is 0 Å². The molecule has 0 spiro atoms. The molecule has 0 radical (unpaired) electrons. The molecule has 1 amide bonds. The van der Waals surface area contributed by atoms with Gasteiger partial charge in [-0.15, -0.1) is 0 Å². The van der Waals surface area contributed by atoms with Crippen LogP contribution in [-0.4, -0.2) is 32.3 Å². The van der Waals surface area contributed by atoms with Crippen molar-refractivity contribution in [2.75, 3.05) is 5.32 Å². The molecule has 8 heteroatoms. The zero-order chi connectivity index (χ0) is 17.5. The number of halogens is 3. The summed E-state index contributed by atoms with van der Waals surface area (Å²) in [6.45, 7) is 1.52. The number of anilines is 1. The average molecular weight is 339 g/mol. The summed E-state index contributed by atoms with van der Waals surface area (Å²) in [5, 5.41) is 15.8. The molecule has 2 aromatic rings. The number of alkyl halides is 2. The van der Waals surface area contributed by atoms with Crippen molar-refractivity contribution in [3.63, 3.8) is 0 Å². The molecule has 1 saturated carbocycles. The van der Waals surface area contributed by atoms with Crippen LogP contribution in [0.2, 0.25) is 0 Å². The molecule has 1 heterocycles. The summed E-state index contributed by atoms with van der Waals surface area (Å²) in [5.41, 5.74) is -1.83. The first-order chi connectivity index (χ1) is 11.3. The summed E-state index contributed by atoms with van der Waals surface area (Å²) in [4.78, 5) is 11.9. The Morgan fingerprint density at radius 2 is 2.04 bits per heavy atom. The fourth-order valence-corrected chi connectivity index (χ4v) is 2.64. The van der Waals surface area contributed by atoms with E-state index in [1.54, 1.807) is 6.07 Å². The van der Waals surface area contributed by atoms with Crippen molar-refractivity contribution >= 4 is 11.6 Å². The lowest BCUT2D eigenvalue weighted by atomic mass is 9.75. The van der Waals surface area contributed by atoms with Crippen molar-refractivity contribution in [2.45, 2.75) is 37.7 Å². The molecule has 0 bridgehead atoms. The standard InChI is InChI=1S/C16H16F3N3O2/c1-10-12(9-20-22(10)13-6-3-2-5-11(13)17)21-14(23)16(18,19)15(24)7-4-8-15/h2-3,5-6,9,24H,4,7-8H2,1H3,(H,21,23). The lowest BCUT2D eigenvalue weighted by Crippen LogP contribution is -2.59. The molecular formula is C16H16F3N3O2. The zero-order valence-corrected chi connectivity index (χ0v) is 12.9. The number of aromatic nitrogens is 2. The second-order valence-corrected chi connectivity index (χ2v) is 5.92. The van der Waals surface area contributed by atoms with Crippen LogP contribution >= 0.6 is 0 Å². The van der Waals surface area contributed by atoms with Gasteiger partial charge in [0.15, 0.2) is 0 Å². The Morgan fingerprint density at radius 3 is 2.62 bits per heavy atom. The Kier molecular flexibility index (Phi) is 3.87. The number of carbonyl (C=O) groups excluding carboxylic acids is 1. The second kappa shape index (κ2) is 5.62. The van der Waals surface area contributed by atoms with Gasteiger partial charge in [0.1, 0.15) is 17.1 Å². The monoisotopic (exact) mass is 339 g/mol. The third kappa shape index (κ3) is 2.47. The number of amides is 1. The van der Waals surface area contributed by atoms with Crippen LogP contribution in [0.4, 0.5) is 18.9 Å². The molecule has 3 rings (SSSR count). The summed E-state index contributed by atoms with van der Waals surface area (Å²) < 4.78 is 43.3. The van der Waals surface area contributed by atoms with Crippen molar-refractivity contribution in [1.29, 1.82) is 0 Å². The van der Waals surface area contributed by atoms with Crippen LogP contribution in [0.5, 0.6) is 0 Å². The SMILES string of the molecule is Cc1c(NC(=O)C(F)(F)C2(O)CCC2)cnn1-c1ccccc1F. The van der Waals surface area contributed by atoms with Gasteiger partial charge in [-0.1, -0.05) is 12.1 Å². The van der Waals surface area contributed by atoms with Crippen LogP contribution < -0.4 is 5.32 Å². The molecule has 0 aliphatic heterocycles. The summed E-state index contributed by atoms with van der Waals surface area (Å²) in [7, 11) is 0. The maximum absolute atomic E-state index is 14.1. The number of hydrogen-bond donors (Lipinski definition) is 2. The van der Waals surface area contributed by atoms with Crippen molar-refractivity contribution < 1.29 is 23.1 Å². The Bertz CT molecular complexity index is 785. The third-order valence-electron chi connectivity index (χ3n) is 4.39. The van der Waals surface area contributed by atoms with Gasteiger partial charge in [0, 0.05) is 0 Å². The van der Waals surface area contributed by atoms with Gasteiger partial charge in [0.2, 0.25) is 0 Å². The van der Waals surface area contributed by atoms with Crippen LogP contribution in [0.15, 0.2) is 30.5 Å². The highest BCUT2D eigenvalue weighted by atomic mass is 19.3. The fraction of sp³-hybridized carbons (Fsp3) is 0.375. The largest absolute Gasteiger partial charge is 0.383 e. The van der Waals surface area contributed by atoms with Gasteiger partial charge in [-0.25, -0.2) is 9.07 Å². The van der Waals surface area contributed by atoms with Gasteiger partial charge in [0.05, 0.1) is 17.6 Å². The summed E-state index contributed by atoms with van der Waals surface area (Å²) in [6, 6.07) is 5.85. The highest BCUT2D eigenvalue weighted by molar-refractivity contribution is 5.97. The molecule has 24 heavy (non-hydrogen) atoms. The molecule has 5 nitrogen and oxygen atoms in total. The minimum Gasteiger partial charge on any atom is -0.383 e. The highest BCUT2D eigenvalue weighted by Gasteiger charge is 2.61. The molecule has 1 aromatic heterocycles. The van der Waals surface area contributed by atoms with Crippen molar-refractivity contribution in [3.05, 3.63) is 42.0 Å². The van der Waals surface area contributed by atoms with Gasteiger partial charge < -0.3 is 10.4 Å². The van der Waals surface area contributed by atoms with E-state index in [1.165, 1.54) is 36.0 Å². The zero-order valence-electron chi connectivity index (χ0n) is 12.9. The van der Waals surface area contributed by atoms with E-state index < -0.39 is 23.2 Å². The first kappa shape index (κ1) is 16.5. The van der Waals surface area contributed by atoms with Crippen molar-refractivity contribution in [3.8, 4) is 5.69 Å². The lowest BCUT2D eigenvalue weighted by Gasteiger charge is -2.41. The average Bonchev–Trinajstić information content (AvgIpc) is 2.86. The Hall–Kier alpha value is -2.35. The maximum Gasteiger partial charge on any atom is 0.352 e. The van der Waals surface area contributed by atoms with E-state index in [4.69, 9.17) is 0 Å². The van der Waals surface area contributed by atoms with E-state index in [2.05, 4.69) is 10.4 Å². The fourth-order valence-electron chi connectivity index (χ4n) is 2.64. The number of nitrogens with one attached hydrogen (secondary N) is 1. The summed E-state index contributed by atoms with van der Waals surface area (Å²) in [6.07, 6.45) is 1.37. The second-order valence-electron chi connectivity index (χ2n) is 5.92. The smallest absolute Gasteiger partial charge is 0.352 e. The van der Waals surface area contributed by atoms with Gasteiger partial charge in [-0.3, -0.25) is 4.79 Å².